The molecule has 0 amide bonds. The molecule has 1 aromatic carbocycles. The lowest BCUT2D eigenvalue weighted by molar-refractivity contribution is -0.902. The van der Waals surface area contributed by atoms with Crippen molar-refractivity contribution in [3.8, 4) is 0 Å². The van der Waals surface area contributed by atoms with Crippen molar-refractivity contribution in [3.63, 3.8) is 0 Å². The number of rotatable bonds is 6. The van der Waals surface area contributed by atoms with Gasteiger partial charge in [0.05, 0.1) is 24.2 Å². The van der Waals surface area contributed by atoms with Crippen LogP contribution in [0.5, 0.6) is 0 Å². The molecule has 0 radical (unpaired) electrons. The van der Waals surface area contributed by atoms with E-state index >= 15 is 0 Å². The molecule has 0 bridgehead atoms. The number of H-pyrrole nitrogens is 1. The second kappa shape index (κ2) is 6.95. The Kier molecular flexibility index (Phi) is 5.22. The van der Waals surface area contributed by atoms with Crippen LogP contribution in [0.15, 0.2) is 42.2 Å². The molecular weight excluding hydrogens is 296 g/mol. The lowest BCUT2D eigenvalue weighted by Crippen LogP contribution is -3.10. The van der Waals surface area contributed by atoms with Gasteiger partial charge >= 0.3 is 0 Å². The van der Waals surface area contributed by atoms with Gasteiger partial charge in [-0.15, -0.1) is 0 Å². The number of aromatic amines is 1. The summed E-state index contributed by atoms with van der Waals surface area (Å²) in [6.07, 6.45) is 3.73. The van der Waals surface area contributed by atoms with Gasteiger partial charge in [0.15, 0.2) is 5.43 Å². The average Bonchev–Trinajstić information content (AvgIpc) is 2.45. The number of benzene rings is 1. The molecule has 0 atom stereocenters. The smallest absolute Gasteiger partial charge is 0.198 e. The third-order valence-corrected chi connectivity index (χ3v) is 4.10. The van der Waals surface area contributed by atoms with Crippen LogP contribution in [0.2, 0.25) is 5.02 Å². The molecule has 0 saturated heterocycles. The van der Waals surface area contributed by atoms with Gasteiger partial charge in [0.25, 0.3) is 0 Å². The fraction of sp³-hybridized carbons (Fsp3) is 0.278. The average molecular weight is 318 g/mol. The third-order valence-electron chi connectivity index (χ3n) is 3.88. The summed E-state index contributed by atoms with van der Waals surface area (Å²) in [5.41, 5.74) is 3.61. The van der Waals surface area contributed by atoms with E-state index in [4.69, 9.17) is 11.6 Å². The summed E-state index contributed by atoms with van der Waals surface area (Å²) in [7, 11) is 0. The largest absolute Gasteiger partial charge is 0.358 e. The maximum Gasteiger partial charge on any atom is 0.198 e. The molecule has 1 aromatic heterocycles. The second-order valence-electron chi connectivity index (χ2n) is 5.62. The van der Waals surface area contributed by atoms with E-state index in [1.807, 2.05) is 32.1 Å². The van der Waals surface area contributed by atoms with Crippen molar-refractivity contribution in [2.45, 2.75) is 20.4 Å². The molecule has 0 aliphatic rings. The zero-order valence-electron chi connectivity index (χ0n) is 13.1. The van der Waals surface area contributed by atoms with Crippen molar-refractivity contribution in [2.24, 2.45) is 0 Å². The molecule has 1 heterocycles. The molecule has 2 aromatic rings. The van der Waals surface area contributed by atoms with E-state index in [1.54, 1.807) is 6.07 Å². The van der Waals surface area contributed by atoms with Gasteiger partial charge < -0.3 is 9.88 Å². The summed E-state index contributed by atoms with van der Waals surface area (Å²) in [5.74, 6) is 0. The van der Waals surface area contributed by atoms with Crippen LogP contribution in [-0.2, 0) is 6.54 Å². The van der Waals surface area contributed by atoms with Crippen molar-refractivity contribution in [1.82, 2.24) is 4.98 Å². The highest BCUT2D eigenvalue weighted by Gasteiger charge is 2.16. The van der Waals surface area contributed by atoms with Crippen molar-refractivity contribution in [2.75, 3.05) is 13.1 Å². The van der Waals surface area contributed by atoms with Gasteiger partial charge in [-0.25, -0.2) is 0 Å². The summed E-state index contributed by atoms with van der Waals surface area (Å²) in [4.78, 5) is 17.4. The maximum absolute atomic E-state index is 12.9. The van der Waals surface area contributed by atoms with Gasteiger partial charge in [-0.1, -0.05) is 24.8 Å². The predicted molar refractivity (Wildman–Crippen MR) is 93.8 cm³/mol. The molecular formula is C18H22ClN2O+. The molecule has 4 heteroatoms. The minimum atomic E-state index is 0.0578. The summed E-state index contributed by atoms with van der Waals surface area (Å²) >= 11 is 6.11. The summed E-state index contributed by atoms with van der Waals surface area (Å²) < 4.78 is 0. The molecule has 0 saturated carbocycles. The first-order valence-corrected chi connectivity index (χ1v) is 7.72. The van der Waals surface area contributed by atoms with Crippen molar-refractivity contribution < 1.29 is 4.90 Å². The number of fused-ring (bicyclic) bond motifs is 1. The number of hydrogen-bond donors (Lipinski definition) is 2. The lowest BCUT2D eigenvalue weighted by atomic mass is 10.1. The Morgan fingerprint density at radius 2 is 1.86 bits per heavy atom. The van der Waals surface area contributed by atoms with Gasteiger partial charge in [-0.05, 0) is 43.7 Å². The molecule has 0 aliphatic carbocycles. The molecule has 0 fully saturated rings. The number of nitrogens with one attached hydrogen (secondary N) is 2. The van der Waals surface area contributed by atoms with Gasteiger partial charge in [0.2, 0.25) is 0 Å². The fourth-order valence-electron chi connectivity index (χ4n) is 2.78. The summed E-state index contributed by atoms with van der Waals surface area (Å²) in [5, 5.41) is 1.24. The zero-order chi connectivity index (χ0) is 16.3. The minimum absolute atomic E-state index is 0.0578. The topological polar surface area (TPSA) is 37.3 Å². The summed E-state index contributed by atoms with van der Waals surface area (Å²) in [6, 6.07) is 3.61. The highest BCUT2D eigenvalue weighted by molar-refractivity contribution is 6.31. The van der Waals surface area contributed by atoms with Crippen LogP contribution < -0.4 is 10.3 Å². The Hall–Kier alpha value is -1.84. The standard InChI is InChI=1S/C18H21ClN2O/c1-5-7-21(8-6-2)11-16-13(4)20-17-12(3)9-14(19)10-15(17)18(16)22/h5-6,9-10H,1-2,7-8,11H2,3-4H3,(H,20,22)/p+1. The highest BCUT2D eigenvalue weighted by Crippen LogP contribution is 2.20. The molecule has 22 heavy (non-hydrogen) atoms. The Labute approximate surface area is 135 Å². The van der Waals surface area contributed by atoms with Crippen LogP contribution in [-0.4, -0.2) is 18.1 Å². The number of halogens is 1. The lowest BCUT2D eigenvalue weighted by Gasteiger charge is -2.17. The van der Waals surface area contributed by atoms with Gasteiger partial charge in [-0.3, -0.25) is 4.79 Å². The monoisotopic (exact) mass is 317 g/mol. The number of hydrogen-bond acceptors (Lipinski definition) is 1. The Bertz CT molecular complexity index is 767. The number of aryl methyl sites for hydroxylation is 2. The van der Waals surface area contributed by atoms with Crippen LogP contribution in [0.1, 0.15) is 16.8 Å². The van der Waals surface area contributed by atoms with Crippen LogP contribution in [0.25, 0.3) is 10.9 Å². The molecule has 2 N–H and O–H groups in total. The van der Waals surface area contributed by atoms with Crippen molar-refractivity contribution in [1.29, 1.82) is 0 Å². The SMILES string of the molecule is C=CC[NH+](CC=C)Cc1c(C)[nH]c2c(C)cc(Cl)cc2c1=O. The van der Waals surface area contributed by atoms with E-state index in [0.717, 1.165) is 35.4 Å². The zero-order valence-corrected chi connectivity index (χ0v) is 13.9. The van der Waals surface area contributed by atoms with Crippen molar-refractivity contribution >= 4 is 22.5 Å². The predicted octanol–water partition coefficient (Wildman–Crippen LogP) is 2.56. The minimum Gasteiger partial charge on any atom is -0.358 e. The molecule has 116 valence electrons. The Morgan fingerprint density at radius 1 is 1.23 bits per heavy atom. The molecule has 0 unspecified atom stereocenters. The van der Waals surface area contributed by atoms with E-state index in [-0.39, 0.29) is 5.43 Å². The second-order valence-corrected chi connectivity index (χ2v) is 6.05. The first kappa shape index (κ1) is 16.5. The Morgan fingerprint density at radius 3 is 2.45 bits per heavy atom. The highest BCUT2D eigenvalue weighted by atomic mass is 35.5. The van der Waals surface area contributed by atoms with Gasteiger partial charge in [0.1, 0.15) is 6.54 Å². The Balaban J connectivity index is 2.57. The van der Waals surface area contributed by atoms with E-state index < -0.39 is 0 Å². The van der Waals surface area contributed by atoms with E-state index in [0.29, 0.717) is 17.0 Å². The quantitative estimate of drug-likeness (QED) is 0.789. The van der Waals surface area contributed by atoms with Crippen LogP contribution in [0, 0.1) is 13.8 Å². The van der Waals surface area contributed by atoms with Gasteiger partial charge in [0, 0.05) is 16.1 Å². The number of quaternary nitrogens is 1. The maximum atomic E-state index is 12.9. The van der Waals surface area contributed by atoms with Crippen molar-refractivity contribution in [3.05, 3.63) is 69.5 Å². The van der Waals surface area contributed by atoms with Crippen LogP contribution >= 0.6 is 11.6 Å². The van der Waals surface area contributed by atoms with Crippen LogP contribution in [0.4, 0.5) is 0 Å². The molecule has 0 aliphatic heterocycles. The normalized spacial score (nSPS) is 11.1. The van der Waals surface area contributed by atoms with E-state index in [2.05, 4.69) is 18.1 Å². The molecule has 0 spiro atoms. The molecule has 2 rings (SSSR count). The molecule has 3 nitrogen and oxygen atoms in total. The van der Waals surface area contributed by atoms with Gasteiger partial charge in [-0.2, -0.15) is 0 Å². The first-order chi connectivity index (χ1) is 10.5. The van der Waals surface area contributed by atoms with E-state index in [9.17, 15) is 4.79 Å². The fourth-order valence-corrected chi connectivity index (χ4v) is 3.06. The summed E-state index contributed by atoms with van der Waals surface area (Å²) in [6.45, 7) is 13.7. The first-order valence-electron chi connectivity index (χ1n) is 7.35. The van der Waals surface area contributed by atoms with E-state index in [1.165, 1.54) is 4.90 Å². The van der Waals surface area contributed by atoms with Crippen LogP contribution in [0.3, 0.4) is 0 Å². The number of aromatic nitrogens is 1. The number of pyridine rings is 1. The third kappa shape index (κ3) is 3.32.